The lowest BCUT2D eigenvalue weighted by molar-refractivity contribution is 0.0246. The molecule has 6 heteroatoms. The lowest BCUT2D eigenvalue weighted by atomic mass is 9.84. The molecule has 1 fully saturated rings. The van der Waals surface area contributed by atoms with Crippen LogP contribution in [-0.4, -0.2) is 50.4 Å². The van der Waals surface area contributed by atoms with E-state index in [0.717, 1.165) is 51.1 Å². The van der Waals surface area contributed by atoms with Crippen LogP contribution in [0.5, 0.6) is 0 Å². The van der Waals surface area contributed by atoms with E-state index in [1.54, 1.807) is 0 Å². The van der Waals surface area contributed by atoms with Gasteiger partial charge < -0.3 is 9.88 Å². The van der Waals surface area contributed by atoms with Crippen molar-refractivity contribution in [1.29, 1.82) is 0 Å². The Bertz CT molecular complexity index is 664. The van der Waals surface area contributed by atoms with Crippen LogP contribution in [-0.2, 0) is 19.1 Å². The van der Waals surface area contributed by atoms with Crippen LogP contribution >= 0.6 is 0 Å². The Morgan fingerprint density at radius 2 is 2.05 bits per heavy atom. The normalized spacial score (nSPS) is 21.2. The summed E-state index contributed by atoms with van der Waals surface area (Å²) in [5.74, 6) is 1.25. The fraction of sp³-hybridized carbons (Fsp3) is 0.625. The molecule has 0 unspecified atom stereocenters. The number of fused-ring (bicyclic) bond motifs is 2. The highest BCUT2D eigenvalue weighted by Gasteiger charge is 2.45. The molecular formula is C16H24N6. The molecule has 0 saturated carbocycles. The largest absolute Gasteiger partial charge is 0.325 e. The van der Waals surface area contributed by atoms with Crippen molar-refractivity contribution in [2.24, 2.45) is 7.05 Å². The molecule has 1 N–H and O–H groups in total. The van der Waals surface area contributed by atoms with Crippen molar-refractivity contribution >= 4 is 0 Å². The molecule has 2 aromatic rings. The standard InChI is InChI=1S/C16H24N6/c1-3-21-8-9-22-14(13-10-19-20(2)12-13)11-18-15(22)16(21)4-6-17-7-5-16/h10-12,17H,3-9H2,1-2H3. The van der Waals surface area contributed by atoms with E-state index in [4.69, 9.17) is 4.98 Å². The van der Waals surface area contributed by atoms with Crippen LogP contribution in [0.1, 0.15) is 25.6 Å². The van der Waals surface area contributed by atoms with E-state index in [1.807, 2.05) is 24.1 Å². The first-order valence-corrected chi connectivity index (χ1v) is 8.25. The van der Waals surface area contributed by atoms with Crippen molar-refractivity contribution in [2.45, 2.75) is 31.8 Å². The number of rotatable bonds is 2. The van der Waals surface area contributed by atoms with Crippen LogP contribution in [0.3, 0.4) is 0 Å². The molecule has 0 bridgehead atoms. The van der Waals surface area contributed by atoms with Gasteiger partial charge in [-0.2, -0.15) is 5.10 Å². The van der Waals surface area contributed by atoms with Crippen molar-refractivity contribution in [3.63, 3.8) is 0 Å². The SMILES string of the molecule is CCN1CCn2c(-c3cnn(C)c3)cnc2C12CCNCC2. The highest BCUT2D eigenvalue weighted by molar-refractivity contribution is 5.57. The van der Waals surface area contributed by atoms with E-state index in [9.17, 15) is 0 Å². The molecule has 2 aliphatic heterocycles. The average Bonchev–Trinajstić information content (AvgIpc) is 3.15. The van der Waals surface area contributed by atoms with Gasteiger partial charge in [-0.25, -0.2) is 4.98 Å². The van der Waals surface area contributed by atoms with Gasteiger partial charge in [-0.05, 0) is 32.5 Å². The number of nitrogens with zero attached hydrogens (tertiary/aromatic N) is 5. The van der Waals surface area contributed by atoms with Crippen LogP contribution in [0.25, 0.3) is 11.3 Å². The smallest absolute Gasteiger partial charge is 0.129 e. The number of piperidine rings is 1. The summed E-state index contributed by atoms with van der Waals surface area (Å²) in [6.07, 6.45) is 8.33. The summed E-state index contributed by atoms with van der Waals surface area (Å²) >= 11 is 0. The van der Waals surface area contributed by atoms with E-state index in [2.05, 4.69) is 33.0 Å². The molecular weight excluding hydrogens is 276 g/mol. The summed E-state index contributed by atoms with van der Waals surface area (Å²) in [6.45, 7) is 7.63. The van der Waals surface area contributed by atoms with Crippen LogP contribution in [0.15, 0.2) is 18.6 Å². The van der Waals surface area contributed by atoms with E-state index in [0.29, 0.717) is 0 Å². The van der Waals surface area contributed by atoms with Crippen molar-refractivity contribution in [3.8, 4) is 11.3 Å². The Hall–Kier alpha value is -1.66. The van der Waals surface area contributed by atoms with Crippen molar-refractivity contribution in [1.82, 2.24) is 29.5 Å². The molecule has 22 heavy (non-hydrogen) atoms. The van der Waals surface area contributed by atoms with Gasteiger partial charge in [0, 0.05) is 31.9 Å². The second kappa shape index (κ2) is 5.21. The van der Waals surface area contributed by atoms with Crippen LogP contribution in [0.2, 0.25) is 0 Å². The van der Waals surface area contributed by atoms with Crippen molar-refractivity contribution < 1.29 is 0 Å². The lowest BCUT2D eigenvalue weighted by Crippen LogP contribution is -2.57. The molecule has 0 aliphatic carbocycles. The zero-order chi connectivity index (χ0) is 15.2. The first-order valence-electron chi connectivity index (χ1n) is 8.25. The predicted molar refractivity (Wildman–Crippen MR) is 85.5 cm³/mol. The fourth-order valence-corrected chi connectivity index (χ4v) is 4.17. The van der Waals surface area contributed by atoms with Gasteiger partial charge >= 0.3 is 0 Å². The maximum atomic E-state index is 4.87. The third-order valence-electron chi connectivity index (χ3n) is 5.28. The summed E-state index contributed by atoms with van der Waals surface area (Å²) in [5, 5.41) is 7.81. The molecule has 1 saturated heterocycles. The Morgan fingerprint density at radius 3 is 2.73 bits per heavy atom. The second-order valence-corrected chi connectivity index (χ2v) is 6.38. The molecule has 2 aliphatic rings. The van der Waals surface area contributed by atoms with E-state index < -0.39 is 0 Å². The van der Waals surface area contributed by atoms with Crippen LogP contribution in [0.4, 0.5) is 0 Å². The van der Waals surface area contributed by atoms with Gasteiger partial charge in [0.2, 0.25) is 0 Å². The molecule has 4 heterocycles. The van der Waals surface area contributed by atoms with E-state index >= 15 is 0 Å². The first kappa shape index (κ1) is 14.0. The van der Waals surface area contributed by atoms with Crippen LogP contribution in [0, 0.1) is 0 Å². The number of likely N-dealkylation sites (N-methyl/N-ethyl adjacent to an activating group) is 1. The molecule has 2 aromatic heterocycles. The lowest BCUT2D eigenvalue weighted by Gasteiger charge is -2.49. The highest BCUT2D eigenvalue weighted by Crippen LogP contribution is 2.40. The Kier molecular flexibility index (Phi) is 3.31. The fourth-order valence-electron chi connectivity index (χ4n) is 4.17. The van der Waals surface area contributed by atoms with Gasteiger partial charge in [0.15, 0.2) is 0 Å². The molecule has 0 atom stereocenters. The third-order valence-corrected chi connectivity index (χ3v) is 5.28. The van der Waals surface area contributed by atoms with Gasteiger partial charge in [0.1, 0.15) is 5.82 Å². The number of aryl methyl sites for hydroxylation is 1. The summed E-state index contributed by atoms with van der Waals surface area (Å²) in [7, 11) is 1.96. The number of hydrogen-bond acceptors (Lipinski definition) is 4. The zero-order valence-electron chi connectivity index (χ0n) is 13.4. The third kappa shape index (κ3) is 1.94. The maximum absolute atomic E-state index is 4.87. The van der Waals surface area contributed by atoms with Gasteiger partial charge in [-0.1, -0.05) is 6.92 Å². The molecule has 0 radical (unpaired) electrons. The van der Waals surface area contributed by atoms with E-state index in [-0.39, 0.29) is 5.54 Å². The molecule has 0 amide bonds. The molecule has 6 nitrogen and oxygen atoms in total. The second-order valence-electron chi connectivity index (χ2n) is 6.38. The minimum absolute atomic E-state index is 0.110. The monoisotopic (exact) mass is 300 g/mol. The minimum Gasteiger partial charge on any atom is -0.325 e. The quantitative estimate of drug-likeness (QED) is 0.905. The first-order chi connectivity index (χ1) is 10.7. The van der Waals surface area contributed by atoms with Crippen molar-refractivity contribution in [3.05, 3.63) is 24.4 Å². The number of imidazole rings is 1. The van der Waals surface area contributed by atoms with Gasteiger partial charge in [0.05, 0.1) is 23.6 Å². The Labute approximate surface area is 131 Å². The highest BCUT2D eigenvalue weighted by atomic mass is 15.3. The Morgan fingerprint density at radius 1 is 1.23 bits per heavy atom. The number of nitrogens with one attached hydrogen (secondary N) is 1. The minimum atomic E-state index is 0.110. The van der Waals surface area contributed by atoms with Gasteiger partial charge in [0.25, 0.3) is 0 Å². The van der Waals surface area contributed by atoms with Gasteiger partial charge in [-0.15, -0.1) is 0 Å². The number of aromatic nitrogens is 4. The molecule has 0 aromatic carbocycles. The molecule has 4 rings (SSSR count). The summed E-state index contributed by atoms with van der Waals surface area (Å²) in [6, 6.07) is 0. The van der Waals surface area contributed by atoms with Gasteiger partial charge in [-0.3, -0.25) is 9.58 Å². The summed E-state index contributed by atoms with van der Waals surface area (Å²) in [5.41, 5.74) is 2.48. The van der Waals surface area contributed by atoms with Crippen molar-refractivity contribution in [2.75, 3.05) is 26.2 Å². The molecule has 118 valence electrons. The number of hydrogen-bond donors (Lipinski definition) is 1. The topological polar surface area (TPSA) is 50.9 Å². The summed E-state index contributed by atoms with van der Waals surface area (Å²) < 4.78 is 4.28. The van der Waals surface area contributed by atoms with Crippen LogP contribution < -0.4 is 5.32 Å². The zero-order valence-corrected chi connectivity index (χ0v) is 13.4. The average molecular weight is 300 g/mol. The molecule has 1 spiro atoms. The van der Waals surface area contributed by atoms with E-state index in [1.165, 1.54) is 11.5 Å². The Balaban J connectivity index is 1.81. The predicted octanol–water partition coefficient (Wildman–Crippen LogP) is 1.20. The maximum Gasteiger partial charge on any atom is 0.129 e. The summed E-state index contributed by atoms with van der Waals surface area (Å²) in [4.78, 5) is 7.50.